The fraction of sp³-hybridized carbons (Fsp3) is 0.696. The van der Waals surface area contributed by atoms with Crippen molar-refractivity contribution in [2.75, 3.05) is 19.7 Å². The average molecular weight is 358 g/mol. The summed E-state index contributed by atoms with van der Waals surface area (Å²) in [6.07, 6.45) is 11.9. The summed E-state index contributed by atoms with van der Waals surface area (Å²) >= 11 is 0. The fourth-order valence-electron chi connectivity index (χ4n) is 5.00. The Morgan fingerprint density at radius 2 is 1.85 bits per heavy atom. The van der Waals surface area contributed by atoms with E-state index in [9.17, 15) is 4.79 Å². The maximum atomic E-state index is 11.7. The molecule has 1 aliphatic heterocycles. The van der Waals surface area contributed by atoms with Crippen molar-refractivity contribution in [3.05, 3.63) is 35.9 Å². The third-order valence-electron chi connectivity index (χ3n) is 6.60. The van der Waals surface area contributed by atoms with Crippen LogP contribution >= 0.6 is 0 Å². The number of carbonyl (C=O) groups is 1. The van der Waals surface area contributed by atoms with Gasteiger partial charge in [-0.15, -0.1) is 0 Å². The molecule has 1 heterocycles. The molecule has 0 amide bonds. The molecule has 1 aromatic rings. The highest BCUT2D eigenvalue weighted by atomic mass is 16.5. The highest BCUT2D eigenvalue weighted by Crippen LogP contribution is 2.42. The predicted molar refractivity (Wildman–Crippen MR) is 106 cm³/mol. The molecule has 0 aromatic heterocycles. The standard InChI is InChI=1S/C23H35NO2/c1-2-26-22(25)11-10-21-13-16-23(17-14-21,24-18-6-7-19-24)15-12-20-8-4-3-5-9-20/h3-5,8-9,21H,2,6-7,10-19H2,1H3. The van der Waals surface area contributed by atoms with Crippen LogP contribution in [0.1, 0.15) is 70.3 Å². The lowest BCUT2D eigenvalue weighted by Crippen LogP contribution is -2.50. The van der Waals surface area contributed by atoms with Gasteiger partial charge < -0.3 is 4.74 Å². The molecule has 2 fully saturated rings. The van der Waals surface area contributed by atoms with Gasteiger partial charge >= 0.3 is 5.97 Å². The first-order valence-corrected chi connectivity index (χ1v) is 10.7. The lowest BCUT2D eigenvalue weighted by molar-refractivity contribution is -0.143. The third-order valence-corrected chi connectivity index (χ3v) is 6.60. The molecule has 0 N–H and O–H groups in total. The van der Waals surface area contributed by atoms with Crippen LogP contribution in [0.25, 0.3) is 0 Å². The summed E-state index contributed by atoms with van der Waals surface area (Å²) in [5.41, 5.74) is 1.86. The van der Waals surface area contributed by atoms with Crippen molar-refractivity contribution >= 4 is 5.97 Å². The van der Waals surface area contributed by atoms with Crippen molar-refractivity contribution in [2.24, 2.45) is 5.92 Å². The van der Waals surface area contributed by atoms with Gasteiger partial charge in [-0.3, -0.25) is 9.69 Å². The van der Waals surface area contributed by atoms with E-state index in [0.717, 1.165) is 6.42 Å². The number of benzene rings is 1. The lowest BCUT2D eigenvalue weighted by atomic mass is 9.71. The van der Waals surface area contributed by atoms with Gasteiger partial charge in [0.2, 0.25) is 0 Å². The zero-order valence-corrected chi connectivity index (χ0v) is 16.4. The molecular weight excluding hydrogens is 322 g/mol. The molecule has 1 saturated carbocycles. The molecule has 26 heavy (non-hydrogen) atoms. The molecule has 0 radical (unpaired) electrons. The molecule has 3 rings (SSSR count). The van der Waals surface area contributed by atoms with Gasteiger partial charge in [-0.25, -0.2) is 0 Å². The highest BCUT2D eigenvalue weighted by Gasteiger charge is 2.40. The summed E-state index contributed by atoms with van der Waals surface area (Å²) in [5.74, 6) is 0.680. The Morgan fingerprint density at radius 1 is 1.15 bits per heavy atom. The van der Waals surface area contributed by atoms with Crippen LogP contribution in [-0.2, 0) is 16.0 Å². The average Bonchev–Trinajstić information content (AvgIpc) is 3.22. The van der Waals surface area contributed by atoms with Crippen LogP contribution in [-0.4, -0.2) is 36.1 Å². The molecule has 0 spiro atoms. The van der Waals surface area contributed by atoms with E-state index in [0.29, 0.717) is 24.5 Å². The fourth-order valence-corrected chi connectivity index (χ4v) is 5.00. The van der Waals surface area contributed by atoms with Crippen molar-refractivity contribution in [1.29, 1.82) is 0 Å². The Morgan fingerprint density at radius 3 is 2.50 bits per heavy atom. The van der Waals surface area contributed by atoms with Crippen molar-refractivity contribution in [2.45, 2.75) is 76.7 Å². The number of rotatable bonds is 8. The van der Waals surface area contributed by atoms with Crippen LogP contribution in [0.3, 0.4) is 0 Å². The second-order valence-electron chi connectivity index (χ2n) is 8.19. The Balaban J connectivity index is 1.55. The van der Waals surface area contributed by atoms with Crippen LogP contribution in [0, 0.1) is 5.92 Å². The Hall–Kier alpha value is -1.35. The molecule has 3 nitrogen and oxygen atoms in total. The van der Waals surface area contributed by atoms with Gasteiger partial charge in [0.15, 0.2) is 0 Å². The molecule has 0 atom stereocenters. The summed E-state index contributed by atoms with van der Waals surface area (Å²) < 4.78 is 5.10. The van der Waals surface area contributed by atoms with Gasteiger partial charge in [-0.1, -0.05) is 30.3 Å². The molecule has 2 aliphatic rings. The SMILES string of the molecule is CCOC(=O)CCC1CCC(CCc2ccccc2)(N2CCCC2)CC1. The zero-order valence-electron chi connectivity index (χ0n) is 16.4. The molecule has 0 unspecified atom stereocenters. The minimum atomic E-state index is -0.0204. The summed E-state index contributed by atoms with van der Waals surface area (Å²) in [6, 6.07) is 11.0. The molecular formula is C23H35NO2. The summed E-state index contributed by atoms with van der Waals surface area (Å²) in [6.45, 7) is 4.95. The van der Waals surface area contributed by atoms with E-state index in [1.807, 2.05) is 6.92 Å². The Kier molecular flexibility index (Phi) is 7.13. The van der Waals surface area contributed by atoms with Crippen LogP contribution in [0.15, 0.2) is 30.3 Å². The number of aryl methyl sites for hydroxylation is 1. The van der Waals surface area contributed by atoms with Gasteiger partial charge in [-0.05, 0) is 89.3 Å². The van der Waals surface area contributed by atoms with Gasteiger partial charge in [0.1, 0.15) is 0 Å². The number of esters is 1. The molecule has 1 aromatic carbocycles. The van der Waals surface area contributed by atoms with E-state index >= 15 is 0 Å². The first kappa shape index (κ1) is 19.4. The predicted octanol–water partition coefficient (Wildman–Crippen LogP) is 4.99. The number of carbonyl (C=O) groups excluding carboxylic acids is 1. The monoisotopic (exact) mass is 357 g/mol. The zero-order chi connectivity index (χ0) is 18.2. The maximum Gasteiger partial charge on any atom is 0.305 e. The lowest BCUT2D eigenvalue weighted by Gasteiger charge is -2.47. The Labute approximate surface area is 159 Å². The third kappa shape index (κ3) is 5.09. The second kappa shape index (κ2) is 9.55. The van der Waals surface area contributed by atoms with Crippen molar-refractivity contribution < 1.29 is 9.53 Å². The van der Waals surface area contributed by atoms with Crippen molar-refractivity contribution in [3.8, 4) is 0 Å². The largest absolute Gasteiger partial charge is 0.466 e. The summed E-state index contributed by atoms with van der Waals surface area (Å²) in [7, 11) is 0. The number of hydrogen-bond acceptors (Lipinski definition) is 3. The smallest absolute Gasteiger partial charge is 0.305 e. The minimum absolute atomic E-state index is 0.0204. The van der Waals surface area contributed by atoms with Crippen LogP contribution in [0.2, 0.25) is 0 Å². The van der Waals surface area contributed by atoms with E-state index in [2.05, 4.69) is 35.2 Å². The van der Waals surface area contributed by atoms with E-state index < -0.39 is 0 Å². The van der Waals surface area contributed by atoms with Crippen molar-refractivity contribution in [1.82, 2.24) is 4.90 Å². The van der Waals surface area contributed by atoms with Gasteiger partial charge in [-0.2, -0.15) is 0 Å². The molecule has 1 aliphatic carbocycles. The molecule has 1 saturated heterocycles. The summed E-state index contributed by atoms with van der Waals surface area (Å²) in [5, 5.41) is 0. The first-order chi connectivity index (χ1) is 12.7. The second-order valence-corrected chi connectivity index (χ2v) is 8.19. The van der Waals surface area contributed by atoms with E-state index in [-0.39, 0.29) is 5.97 Å². The Bertz CT molecular complexity index is 543. The number of hydrogen-bond donors (Lipinski definition) is 0. The number of ether oxygens (including phenoxy) is 1. The van der Waals surface area contributed by atoms with Crippen LogP contribution < -0.4 is 0 Å². The normalized spacial score (nSPS) is 26.7. The van der Waals surface area contributed by atoms with E-state index in [1.165, 1.54) is 70.0 Å². The van der Waals surface area contributed by atoms with Crippen LogP contribution in [0.5, 0.6) is 0 Å². The van der Waals surface area contributed by atoms with Gasteiger partial charge in [0.05, 0.1) is 6.61 Å². The van der Waals surface area contributed by atoms with Gasteiger partial charge in [0.25, 0.3) is 0 Å². The highest BCUT2D eigenvalue weighted by molar-refractivity contribution is 5.69. The maximum absolute atomic E-state index is 11.7. The van der Waals surface area contributed by atoms with Gasteiger partial charge in [0, 0.05) is 12.0 Å². The number of nitrogens with zero attached hydrogens (tertiary/aromatic N) is 1. The molecule has 3 heteroatoms. The van der Waals surface area contributed by atoms with E-state index in [4.69, 9.17) is 4.74 Å². The molecule has 0 bridgehead atoms. The van der Waals surface area contributed by atoms with Crippen LogP contribution in [0.4, 0.5) is 0 Å². The minimum Gasteiger partial charge on any atom is -0.466 e. The molecule has 144 valence electrons. The number of likely N-dealkylation sites (tertiary alicyclic amines) is 1. The quantitative estimate of drug-likeness (QED) is 0.614. The summed E-state index contributed by atoms with van der Waals surface area (Å²) in [4.78, 5) is 14.5. The van der Waals surface area contributed by atoms with E-state index in [1.54, 1.807) is 0 Å². The topological polar surface area (TPSA) is 29.5 Å². The van der Waals surface area contributed by atoms with Crippen molar-refractivity contribution in [3.63, 3.8) is 0 Å². The first-order valence-electron chi connectivity index (χ1n) is 10.7.